The number of H-pyrrole nitrogens is 1. The molecule has 0 fully saturated rings. The maximum Gasteiger partial charge on any atom is 0.148 e. The van der Waals surface area contributed by atoms with Gasteiger partial charge in [0.15, 0.2) is 0 Å². The van der Waals surface area contributed by atoms with Crippen LogP contribution in [0, 0.1) is 11.7 Å². The second-order valence-corrected chi connectivity index (χ2v) is 5.42. The van der Waals surface area contributed by atoms with Crippen molar-refractivity contribution in [2.45, 2.75) is 13.8 Å². The van der Waals surface area contributed by atoms with Gasteiger partial charge in [-0.2, -0.15) is 5.10 Å². The van der Waals surface area contributed by atoms with Crippen LogP contribution in [-0.2, 0) is 0 Å². The van der Waals surface area contributed by atoms with E-state index in [9.17, 15) is 4.39 Å². The minimum Gasteiger partial charge on any atom is -0.368 e. The molecule has 0 atom stereocenters. The highest BCUT2D eigenvalue weighted by atomic mass is 79.9. The van der Waals surface area contributed by atoms with Crippen LogP contribution in [0.15, 0.2) is 28.7 Å². The number of aromatic amines is 1. The fourth-order valence-corrected chi connectivity index (χ4v) is 1.91. The van der Waals surface area contributed by atoms with Crippen molar-refractivity contribution in [3.63, 3.8) is 0 Å². The molecular weight excluding hydrogens is 297 g/mol. The first kappa shape index (κ1) is 13.1. The maximum atomic E-state index is 13.1. The molecule has 1 aromatic carbocycles. The minimum atomic E-state index is -0.267. The highest BCUT2D eigenvalue weighted by molar-refractivity contribution is 9.10. The van der Waals surface area contributed by atoms with Crippen molar-refractivity contribution in [2.75, 3.05) is 11.9 Å². The molecule has 0 aliphatic rings. The number of benzene rings is 1. The van der Waals surface area contributed by atoms with Gasteiger partial charge in [-0.3, -0.25) is 5.10 Å². The zero-order valence-electron chi connectivity index (χ0n) is 10.3. The Bertz CT molecular complexity index is 537. The van der Waals surface area contributed by atoms with Crippen LogP contribution in [-0.4, -0.2) is 16.7 Å². The van der Waals surface area contributed by atoms with Gasteiger partial charge in [0.2, 0.25) is 0 Å². The molecule has 3 nitrogen and oxygen atoms in total. The Morgan fingerprint density at radius 1 is 1.39 bits per heavy atom. The van der Waals surface area contributed by atoms with Crippen molar-refractivity contribution < 1.29 is 4.39 Å². The van der Waals surface area contributed by atoms with Crippen LogP contribution >= 0.6 is 15.9 Å². The smallest absolute Gasteiger partial charge is 0.148 e. The zero-order valence-corrected chi connectivity index (χ0v) is 11.9. The first-order valence-electron chi connectivity index (χ1n) is 5.81. The van der Waals surface area contributed by atoms with Gasteiger partial charge < -0.3 is 5.32 Å². The standard InChI is InChI=1S/C13H15BrFN3/c1-8(2)7-16-13-6-12(17-18-13)9-3-4-11(15)10(14)5-9/h3-6,8H,7H2,1-2H3,(H2,16,17,18). The van der Waals surface area contributed by atoms with Gasteiger partial charge in [0, 0.05) is 18.2 Å². The fraction of sp³-hybridized carbons (Fsp3) is 0.308. The van der Waals surface area contributed by atoms with E-state index in [2.05, 4.69) is 45.3 Å². The molecule has 2 N–H and O–H groups in total. The van der Waals surface area contributed by atoms with Gasteiger partial charge >= 0.3 is 0 Å². The third-order valence-corrected chi connectivity index (χ3v) is 3.11. The van der Waals surface area contributed by atoms with Crippen molar-refractivity contribution in [1.82, 2.24) is 10.2 Å². The second-order valence-electron chi connectivity index (χ2n) is 4.57. The molecule has 2 aromatic rings. The second kappa shape index (κ2) is 5.52. The van der Waals surface area contributed by atoms with Crippen LogP contribution in [0.2, 0.25) is 0 Å². The van der Waals surface area contributed by atoms with Crippen molar-refractivity contribution in [2.24, 2.45) is 5.92 Å². The van der Waals surface area contributed by atoms with Gasteiger partial charge in [-0.1, -0.05) is 13.8 Å². The number of nitrogens with zero attached hydrogens (tertiary/aromatic N) is 1. The molecule has 0 spiro atoms. The highest BCUT2D eigenvalue weighted by Gasteiger charge is 2.06. The molecule has 0 saturated heterocycles. The minimum absolute atomic E-state index is 0.267. The molecule has 0 saturated carbocycles. The number of aromatic nitrogens is 2. The largest absolute Gasteiger partial charge is 0.368 e. The monoisotopic (exact) mass is 311 g/mol. The summed E-state index contributed by atoms with van der Waals surface area (Å²) in [6.07, 6.45) is 0. The fourth-order valence-electron chi connectivity index (χ4n) is 1.53. The van der Waals surface area contributed by atoms with Gasteiger partial charge in [-0.15, -0.1) is 0 Å². The van der Waals surface area contributed by atoms with Crippen LogP contribution in [0.1, 0.15) is 13.8 Å². The number of rotatable bonds is 4. The number of hydrogen-bond acceptors (Lipinski definition) is 2. The van der Waals surface area contributed by atoms with E-state index in [1.165, 1.54) is 6.07 Å². The Morgan fingerprint density at radius 3 is 2.83 bits per heavy atom. The van der Waals surface area contributed by atoms with Gasteiger partial charge in [0.05, 0.1) is 10.2 Å². The quantitative estimate of drug-likeness (QED) is 0.894. The summed E-state index contributed by atoms with van der Waals surface area (Å²) >= 11 is 3.18. The number of anilines is 1. The number of halogens is 2. The van der Waals surface area contributed by atoms with Crippen molar-refractivity contribution >= 4 is 21.7 Å². The van der Waals surface area contributed by atoms with Crippen LogP contribution in [0.5, 0.6) is 0 Å². The molecule has 0 unspecified atom stereocenters. The van der Waals surface area contributed by atoms with Crippen LogP contribution < -0.4 is 5.32 Å². The Morgan fingerprint density at radius 2 is 2.17 bits per heavy atom. The Kier molecular flexibility index (Phi) is 4.01. The van der Waals surface area contributed by atoms with E-state index in [0.29, 0.717) is 10.4 Å². The summed E-state index contributed by atoms with van der Waals surface area (Å²) in [4.78, 5) is 0. The SMILES string of the molecule is CC(C)CNc1cc(-c2ccc(F)c(Br)c2)[nH]n1. The van der Waals surface area contributed by atoms with Crippen molar-refractivity contribution in [1.29, 1.82) is 0 Å². The van der Waals surface area contributed by atoms with E-state index in [4.69, 9.17) is 0 Å². The summed E-state index contributed by atoms with van der Waals surface area (Å²) in [6.45, 7) is 5.15. The predicted octanol–water partition coefficient (Wildman–Crippen LogP) is 4.05. The lowest BCUT2D eigenvalue weighted by Gasteiger charge is -2.04. The highest BCUT2D eigenvalue weighted by Crippen LogP contribution is 2.25. The van der Waals surface area contributed by atoms with E-state index in [-0.39, 0.29) is 5.82 Å². The molecule has 0 radical (unpaired) electrons. The van der Waals surface area contributed by atoms with Crippen LogP contribution in [0.3, 0.4) is 0 Å². The molecular formula is C13H15BrFN3. The summed E-state index contributed by atoms with van der Waals surface area (Å²) in [5, 5.41) is 10.3. The van der Waals surface area contributed by atoms with E-state index >= 15 is 0 Å². The van der Waals surface area contributed by atoms with Gasteiger partial charge in [-0.05, 0) is 40.0 Å². The first-order valence-corrected chi connectivity index (χ1v) is 6.60. The number of hydrogen-bond donors (Lipinski definition) is 2. The lowest BCUT2D eigenvalue weighted by Crippen LogP contribution is -2.07. The third kappa shape index (κ3) is 3.10. The van der Waals surface area contributed by atoms with Gasteiger partial charge in [-0.25, -0.2) is 4.39 Å². The summed E-state index contributed by atoms with van der Waals surface area (Å²) in [7, 11) is 0. The third-order valence-electron chi connectivity index (χ3n) is 2.50. The summed E-state index contributed by atoms with van der Waals surface area (Å²) < 4.78 is 13.6. The molecule has 1 aromatic heterocycles. The molecule has 1 heterocycles. The van der Waals surface area contributed by atoms with Gasteiger partial charge in [0.1, 0.15) is 11.6 Å². The molecule has 5 heteroatoms. The van der Waals surface area contributed by atoms with E-state index < -0.39 is 0 Å². The Labute approximate surface area is 114 Å². The van der Waals surface area contributed by atoms with E-state index in [0.717, 1.165) is 23.6 Å². The summed E-state index contributed by atoms with van der Waals surface area (Å²) in [5.74, 6) is 1.10. The van der Waals surface area contributed by atoms with Crippen LogP contribution in [0.25, 0.3) is 11.3 Å². The normalized spacial score (nSPS) is 10.9. The lowest BCUT2D eigenvalue weighted by atomic mass is 10.1. The van der Waals surface area contributed by atoms with Crippen molar-refractivity contribution in [3.05, 3.63) is 34.6 Å². The molecule has 96 valence electrons. The van der Waals surface area contributed by atoms with Crippen LogP contribution in [0.4, 0.5) is 10.2 Å². The Balaban J connectivity index is 2.16. The lowest BCUT2D eigenvalue weighted by molar-refractivity contribution is 0.621. The average molecular weight is 312 g/mol. The molecule has 0 aliphatic carbocycles. The van der Waals surface area contributed by atoms with Crippen molar-refractivity contribution in [3.8, 4) is 11.3 Å². The maximum absolute atomic E-state index is 13.1. The summed E-state index contributed by atoms with van der Waals surface area (Å²) in [6, 6.07) is 6.80. The van der Waals surface area contributed by atoms with Gasteiger partial charge in [0.25, 0.3) is 0 Å². The molecule has 0 amide bonds. The first-order chi connectivity index (χ1) is 8.56. The summed E-state index contributed by atoms with van der Waals surface area (Å²) in [5.41, 5.74) is 1.76. The number of nitrogens with one attached hydrogen (secondary N) is 2. The predicted molar refractivity (Wildman–Crippen MR) is 75.0 cm³/mol. The molecule has 18 heavy (non-hydrogen) atoms. The Hall–Kier alpha value is -1.36. The van der Waals surface area contributed by atoms with E-state index in [1.54, 1.807) is 12.1 Å². The van der Waals surface area contributed by atoms with E-state index in [1.807, 2.05) is 6.07 Å². The molecule has 0 aliphatic heterocycles. The molecule has 0 bridgehead atoms. The zero-order chi connectivity index (χ0) is 13.1. The molecule has 2 rings (SSSR count). The average Bonchev–Trinajstić information content (AvgIpc) is 2.79. The topological polar surface area (TPSA) is 40.7 Å².